The van der Waals surface area contributed by atoms with Crippen molar-refractivity contribution in [2.24, 2.45) is 5.73 Å². The van der Waals surface area contributed by atoms with Gasteiger partial charge in [0.15, 0.2) is 11.5 Å². The Kier molecular flexibility index (Phi) is 2.75. The Hall–Kier alpha value is -2.28. The number of aromatic amines is 1. The van der Waals surface area contributed by atoms with Gasteiger partial charge in [-0.2, -0.15) is 5.10 Å². The fourth-order valence-corrected chi connectivity index (χ4v) is 2.30. The molecule has 0 aromatic carbocycles. The third-order valence-electron chi connectivity index (χ3n) is 3.24. The van der Waals surface area contributed by atoms with Crippen LogP contribution in [0.15, 0.2) is 12.7 Å². The molecular weight excluding hydrogens is 242 g/mol. The Morgan fingerprint density at radius 3 is 2.89 bits per heavy atom. The fraction of sp³-hybridized carbons (Fsp3) is 0.333. The molecule has 3 aromatic heterocycles. The van der Waals surface area contributed by atoms with Crippen LogP contribution < -0.4 is 5.73 Å². The van der Waals surface area contributed by atoms with Crippen LogP contribution in [0.3, 0.4) is 0 Å². The summed E-state index contributed by atoms with van der Waals surface area (Å²) in [6.45, 7) is 4.62. The van der Waals surface area contributed by atoms with Crippen LogP contribution in [-0.4, -0.2) is 36.3 Å². The van der Waals surface area contributed by atoms with Gasteiger partial charge in [-0.3, -0.25) is 0 Å². The molecule has 3 rings (SSSR count). The van der Waals surface area contributed by atoms with Crippen LogP contribution in [0.1, 0.15) is 17.0 Å². The monoisotopic (exact) mass is 257 g/mol. The Morgan fingerprint density at radius 2 is 2.11 bits per heavy atom. The smallest absolute Gasteiger partial charge is 0.182 e. The molecule has 7 nitrogen and oxygen atoms in total. The Labute approximate surface area is 109 Å². The van der Waals surface area contributed by atoms with E-state index in [4.69, 9.17) is 5.73 Å². The van der Waals surface area contributed by atoms with Gasteiger partial charge >= 0.3 is 0 Å². The van der Waals surface area contributed by atoms with Crippen molar-refractivity contribution in [1.29, 1.82) is 0 Å². The summed E-state index contributed by atoms with van der Waals surface area (Å²) in [6, 6.07) is 0. The second-order valence-corrected chi connectivity index (χ2v) is 4.40. The molecule has 3 heterocycles. The lowest BCUT2D eigenvalue weighted by molar-refractivity contribution is 0.806. The molecule has 7 heteroatoms. The van der Waals surface area contributed by atoms with E-state index in [0.29, 0.717) is 18.0 Å². The van der Waals surface area contributed by atoms with Gasteiger partial charge in [-0.05, 0) is 32.4 Å². The molecule has 0 unspecified atom stereocenters. The van der Waals surface area contributed by atoms with Gasteiger partial charge < -0.3 is 10.7 Å². The maximum Gasteiger partial charge on any atom is 0.182 e. The lowest BCUT2D eigenvalue weighted by Crippen LogP contribution is -2.06. The van der Waals surface area contributed by atoms with Crippen molar-refractivity contribution < 1.29 is 0 Å². The zero-order chi connectivity index (χ0) is 13.4. The van der Waals surface area contributed by atoms with Gasteiger partial charge in [-0.15, -0.1) is 0 Å². The molecule has 0 aliphatic heterocycles. The van der Waals surface area contributed by atoms with Crippen LogP contribution in [0.2, 0.25) is 0 Å². The lowest BCUT2D eigenvalue weighted by atomic mass is 10.1. The van der Waals surface area contributed by atoms with Crippen LogP contribution in [-0.2, 0) is 6.42 Å². The molecule has 19 heavy (non-hydrogen) atoms. The quantitative estimate of drug-likeness (QED) is 0.718. The van der Waals surface area contributed by atoms with E-state index in [1.165, 1.54) is 11.9 Å². The Morgan fingerprint density at radius 1 is 1.26 bits per heavy atom. The van der Waals surface area contributed by atoms with Crippen LogP contribution in [0.25, 0.3) is 17.0 Å². The molecular formula is C12H15N7. The van der Waals surface area contributed by atoms with Crippen molar-refractivity contribution in [3.05, 3.63) is 29.6 Å². The molecule has 3 N–H and O–H groups in total. The summed E-state index contributed by atoms with van der Waals surface area (Å²) in [5, 5.41) is 4.55. The van der Waals surface area contributed by atoms with E-state index in [1.807, 2.05) is 18.5 Å². The highest BCUT2D eigenvalue weighted by molar-refractivity contribution is 5.77. The number of H-pyrrole nitrogens is 1. The van der Waals surface area contributed by atoms with E-state index < -0.39 is 0 Å². The molecule has 0 radical (unpaired) electrons. The van der Waals surface area contributed by atoms with Crippen LogP contribution in [0.4, 0.5) is 0 Å². The van der Waals surface area contributed by atoms with E-state index in [0.717, 1.165) is 23.3 Å². The zero-order valence-corrected chi connectivity index (χ0v) is 10.9. The maximum atomic E-state index is 5.64. The van der Waals surface area contributed by atoms with Crippen LogP contribution in [0.5, 0.6) is 0 Å². The summed E-state index contributed by atoms with van der Waals surface area (Å²) >= 11 is 0. The molecule has 3 aromatic rings. The van der Waals surface area contributed by atoms with Gasteiger partial charge in [0.05, 0.1) is 12.0 Å². The number of rotatable bonds is 3. The summed E-state index contributed by atoms with van der Waals surface area (Å²) in [5.74, 6) is 0.714. The number of imidazole rings is 1. The topological polar surface area (TPSA) is 98.3 Å². The van der Waals surface area contributed by atoms with E-state index >= 15 is 0 Å². The first-order valence-corrected chi connectivity index (χ1v) is 6.12. The minimum Gasteiger partial charge on any atom is -0.340 e. The predicted octanol–water partition coefficient (Wildman–Crippen LogP) is 0.657. The number of hydrogen-bond acceptors (Lipinski definition) is 5. The Bertz CT molecular complexity index is 725. The fourth-order valence-electron chi connectivity index (χ4n) is 2.30. The van der Waals surface area contributed by atoms with E-state index in [2.05, 4.69) is 25.0 Å². The zero-order valence-electron chi connectivity index (χ0n) is 10.9. The molecule has 0 aliphatic carbocycles. The van der Waals surface area contributed by atoms with Gasteiger partial charge in [0.25, 0.3) is 0 Å². The van der Waals surface area contributed by atoms with Gasteiger partial charge in [0, 0.05) is 5.69 Å². The predicted molar refractivity (Wildman–Crippen MR) is 71.0 cm³/mol. The molecule has 0 aliphatic rings. The summed E-state index contributed by atoms with van der Waals surface area (Å²) in [7, 11) is 0. The number of nitrogens with zero attached hydrogens (tertiary/aromatic N) is 5. The van der Waals surface area contributed by atoms with Crippen LogP contribution in [0, 0.1) is 13.8 Å². The first-order valence-electron chi connectivity index (χ1n) is 6.12. The van der Waals surface area contributed by atoms with Crippen molar-refractivity contribution >= 4 is 11.2 Å². The molecule has 98 valence electrons. The van der Waals surface area contributed by atoms with E-state index in [-0.39, 0.29) is 0 Å². The van der Waals surface area contributed by atoms with Gasteiger partial charge in [0.2, 0.25) is 0 Å². The average molecular weight is 257 g/mol. The average Bonchev–Trinajstić information content (AvgIpc) is 2.98. The lowest BCUT2D eigenvalue weighted by Gasteiger charge is -2.04. The minimum atomic E-state index is 0.608. The molecule has 0 fully saturated rings. The van der Waals surface area contributed by atoms with Gasteiger partial charge in [-0.25, -0.2) is 19.6 Å². The third-order valence-corrected chi connectivity index (χ3v) is 3.24. The van der Waals surface area contributed by atoms with Gasteiger partial charge in [0.1, 0.15) is 11.8 Å². The first-order chi connectivity index (χ1) is 9.22. The minimum absolute atomic E-state index is 0.608. The maximum absolute atomic E-state index is 5.64. The van der Waals surface area contributed by atoms with E-state index in [1.54, 1.807) is 6.33 Å². The number of fused-ring (bicyclic) bond motifs is 1. The normalized spacial score (nSPS) is 11.3. The largest absolute Gasteiger partial charge is 0.340 e. The van der Waals surface area contributed by atoms with Crippen molar-refractivity contribution in [2.45, 2.75) is 20.3 Å². The van der Waals surface area contributed by atoms with Crippen molar-refractivity contribution in [3.63, 3.8) is 0 Å². The highest BCUT2D eigenvalue weighted by Crippen LogP contribution is 2.20. The summed E-state index contributed by atoms with van der Waals surface area (Å²) in [5.41, 5.74) is 10.3. The first kappa shape index (κ1) is 11.8. The number of hydrogen-bond donors (Lipinski definition) is 2. The highest BCUT2D eigenvalue weighted by Gasteiger charge is 2.15. The molecule has 0 saturated carbocycles. The standard InChI is InChI=1S/C12H15N7/c1-7-9(3-4-13)8(2)19(18-7)12-10-11(15-5-14-10)16-6-17-12/h5-6H,3-4,13H2,1-2H3,(H,14,15,16,17). The molecule has 0 atom stereocenters. The van der Waals surface area contributed by atoms with E-state index in [9.17, 15) is 0 Å². The summed E-state index contributed by atoms with van der Waals surface area (Å²) in [6.07, 6.45) is 3.92. The highest BCUT2D eigenvalue weighted by atomic mass is 15.3. The molecule has 0 saturated heterocycles. The van der Waals surface area contributed by atoms with Crippen molar-refractivity contribution in [1.82, 2.24) is 29.7 Å². The van der Waals surface area contributed by atoms with Gasteiger partial charge in [-0.1, -0.05) is 0 Å². The number of aryl methyl sites for hydroxylation is 1. The third kappa shape index (κ3) is 1.78. The Balaban J connectivity index is 2.22. The summed E-state index contributed by atoms with van der Waals surface area (Å²) < 4.78 is 1.82. The molecule has 0 spiro atoms. The van der Waals surface area contributed by atoms with Crippen molar-refractivity contribution in [2.75, 3.05) is 6.54 Å². The van der Waals surface area contributed by atoms with Crippen LogP contribution >= 0.6 is 0 Å². The second-order valence-electron chi connectivity index (χ2n) is 4.40. The van der Waals surface area contributed by atoms with Crippen molar-refractivity contribution in [3.8, 4) is 5.82 Å². The number of nitrogens with one attached hydrogen (secondary N) is 1. The number of aromatic nitrogens is 6. The number of nitrogens with two attached hydrogens (primary N) is 1. The molecule has 0 amide bonds. The SMILES string of the molecule is Cc1nn(-c2ncnc3nc[nH]c23)c(C)c1CCN. The second kappa shape index (κ2) is 4.43. The summed E-state index contributed by atoms with van der Waals surface area (Å²) in [4.78, 5) is 15.6. The molecule has 0 bridgehead atoms.